The third-order valence-electron chi connectivity index (χ3n) is 3.26. The van der Waals surface area contributed by atoms with Gasteiger partial charge in [0.25, 0.3) is 0 Å². The number of aliphatic hydroxyl groups is 1. The summed E-state index contributed by atoms with van der Waals surface area (Å²) in [6, 6.07) is -0.220. The monoisotopic (exact) mass is 262 g/mol. The zero-order chi connectivity index (χ0) is 12.5. The van der Waals surface area contributed by atoms with E-state index in [-0.39, 0.29) is 36.0 Å². The van der Waals surface area contributed by atoms with Gasteiger partial charge in [-0.3, -0.25) is 9.69 Å². The summed E-state index contributed by atoms with van der Waals surface area (Å²) >= 11 is 0. The summed E-state index contributed by atoms with van der Waals surface area (Å²) in [5.74, 6) is 0.407. The molecule has 1 amide bonds. The first-order chi connectivity index (χ1) is 7.98. The number of sulfone groups is 1. The van der Waals surface area contributed by atoms with E-state index in [1.165, 1.54) is 0 Å². The van der Waals surface area contributed by atoms with Crippen molar-refractivity contribution >= 4 is 15.7 Å². The van der Waals surface area contributed by atoms with Gasteiger partial charge in [-0.2, -0.15) is 0 Å². The number of aliphatic hydroxyl groups excluding tert-OH is 1. The van der Waals surface area contributed by atoms with Crippen molar-refractivity contribution in [2.75, 3.05) is 37.7 Å². The molecule has 2 fully saturated rings. The van der Waals surface area contributed by atoms with E-state index in [9.17, 15) is 13.2 Å². The van der Waals surface area contributed by atoms with Gasteiger partial charge >= 0.3 is 0 Å². The fourth-order valence-corrected chi connectivity index (χ4v) is 3.98. The van der Waals surface area contributed by atoms with Gasteiger partial charge in [0.15, 0.2) is 9.84 Å². The Morgan fingerprint density at radius 3 is 2.65 bits per heavy atom. The number of likely N-dealkylation sites (tertiary alicyclic amines) is 1. The Balaban J connectivity index is 1.68. The third kappa shape index (κ3) is 3.40. The molecule has 1 atom stereocenters. The van der Waals surface area contributed by atoms with Crippen LogP contribution in [0, 0.1) is 5.92 Å². The first-order valence-electron chi connectivity index (χ1n) is 5.81. The molecule has 0 aromatic carbocycles. The minimum absolute atomic E-state index is 0.0675. The van der Waals surface area contributed by atoms with Crippen molar-refractivity contribution < 1.29 is 18.3 Å². The summed E-state index contributed by atoms with van der Waals surface area (Å²) in [5, 5.41) is 11.6. The molecule has 2 saturated heterocycles. The molecule has 2 rings (SSSR count). The molecular weight excluding hydrogens is 244 g/mol. The molecule has 98 valence electrons. The van der Waals surface area contributed by atoms with Crippen molar-refractivity contribution in [3.63, 3.8) is 0 Å². The quantitative estimate of drug-likeness (QED) is 0.625. The number of rotatable bonds is 4. The number of hydrogen-bond donors (Lipinski definition) is 2. The van der Waals surface area contributed by atoms with Crippen molar-refractivity contribution in [3.8, 4) is 0 Å². The highest BCUT2D eigenvalue weighted by atomic mass is 32.2. The van der Waals surface area contributed by atoms with Crippen molar-refractivity contribution in [3.05, 3.63) is 0 Å². The molecule has 0 aromatic rings. The van der Waals surface area contributed by atoms with Crippen LogP contribution in [0.25, 0.3) is 0 Å². The first-order valence-corrected chi connectivity index (χ1v) is 7.63. The van der Waals surface area contributed by atoms with Crippen LogP contribution >= 0.6 is 0 Å². The van der Waals surface area contributed by atoms with Crippen molar-refractivity contribution in [1.82, 2.24) is 10.2 Å². The van der Waals surface area contributed by atoms with Gasteiger partial charge in [-0.25, -0.2) is 8.42 Å². The number of hydrogen-bond acceptors (Lipinski definition) is 5. The lowest BCUT2D eigenvalue weighted by Crippen LogP contribution is -2.53. The third-order valence-corrected chi connectivity index (χ3v) is 5.02. The second-order valence-electron chi connectivity index (χ2n) is 4.91. The number of nitrogens with one attached hydrogen (secondary N) is 1. The summed E-state index contributed by atoms with van der Waals surface area (Å²) in [6.45, 7) is 1.95. The van der Waals surface area contributed by atoms with Gasteiger partial charge in [0.05, 0.1) is 18.1 Å². The van der Waals surface area contributed by atoms with Crippen molar-refractivity contribution in [2.45, 2.75) is 12.5 Å². The number of carbonyl (C=O) groups excluding carboxylic acids is 1. The molecule has 0 aliphatic carbocycles. The maximum atomic E-state index is 11.6. The molecular formula is C10H18N2O4S. The molecule has 0 bridgehead atoms. The van der Waals surface area contributed by atoms with Gasteiger partial charge in [0, 0.05) is 31.7 Å². The smallest absolute Gasteiger partial charge is 0.234 e. The molecule has 2 N–H and O–H groups in total. The van der Waals surface area contributed by atoms with Gasteiger partial charge in [-0.15, -0.1) is 0 Å². The highest BCUT2D eigenvalue weighted by Gasteiger charge is 2.31. The summed E-state index contributed by atoms with van der Waals surface area (Å²) < 4.78 is 22.4. The lowest BCUT2D eigenvalue weighted by molar-refractivity contribution is -0.124. The van der Waals surface area contributed by atoms with Gasteiger partial charge in [0.1, 0.15) is 0 Å². The van der Waals surface area contributed by atoms with E-state index in [1.54, 1.807) is 0 Å². The molecule has 1 unspecified atom stereocenters. The van der Waals surface area contributed by atoms with Crippen LogP contribution in [0.4, 0.5) is 0 Å². The van der Waals surface area contributed by atoms with E-state index in [4.69, 9.17) is 5.11 Å². The SMILES string of the molecule is O=C(CN1CC(CO)C1)NC1CCS(=O)(=O)C1. The molecule has 0 saturated carbocycles. The van der Waals surface area contributed by atoms with Crippen LogP contribution < -0.4 is 5.32 Å². The fraction of sp³-hybridized carbons (Fsp3) is 0.900. The first kappa shape index (κ1) is 12.8. The largest absolute Gasteiger partial charge is 0.396 e. The van der Waals surface area contributed by atoms with Crippen LogP contribution in [0.1, 0.15) is 6.42 Å². The minimum Gasteiger partial charge on any atom is -0.396 e. The van der Waals surface area contributed by atoms with E-state index in [1.807, 2.05) is 4.90 Å². The Bertz CT molecular complexity index is 389. The predicted octanol–water partition coefficient (Wildman–Crippen LogP) is -1.79. The normalized spacial score (nSPS) is 28.9. The summed E-state index contributed by atoms with van der Waals surface area (Å²) in [6.07, 6.45) is 0.521. The lowest BCUT2D eigenvalue weighted by atomic mass is 10.0. The summed E-state index contributed by atoms with van der Waals surface area (Å²) in [7, 11) is -2.94. The Hall–Kier alpha value is -0.660. The topological polar surface area (TPSA) is 86.7 Å². The second-order valence-corrected chi connectivity index (χ2v) is 7.14. The zero-order valence-corrected chi connectivity index (χ0v) is 10.4. The molecule has 6 nitrogen and oxygen atoms in total. The molecule has 7 heteroatoms. The van der Waals surface area contributed by atoms with Gasteiger partial charge in [0.2, 0.25) is 5.91 Å². The Morgan fingerprint density at radius 2 is 2.12 bits per heavy atom. The van der Waals surface area contributed by atoms with Crippen LogP contribution in [-0.2, 0) is 14.6 Å². The number of nitrogens with zero attached hydrogens (tertiary/aromatic N) is 1. The van der Waals surface area contributed by atoms with Crippen molar-refractivity contribution in [2.24, 2.45) is 5.92 Å². The highest BCUT2D eigenvalue weighted by molar-refractivity contribution is 7.91. The maximum Gasteiger partial charge on any atom is 0.234 e. The maximum absolute atomic E-state index is 11.6. The summed E-state index contributed by atoms with van der Waals surface area (Å²) in [5.41, 5.74) is 0. The molecule has 0 spiro atoms. The Labute approximate surface area is 101 Å². The molecule has 0 aromatic heterocycles. The molecule has 2 aliphatic rings. The molecule has 2 heterocycles. The van der Waals surface area contributed by atoms with Crippen LogP contribution in [-0.4, -0.2) is 68.1 Å². The van der Waals surface area contributed by atoms with Gasteiger partial charge < -0.3 is 10.4 Å². The number of amides is 1. The zero-order valence-electron chi connectivity index (χ0n) is 9.63. The molecule has 2 aliphatic heterocycles. The van der Waals surface area contributed by atoms with E-state index in [0.29, 0.717) is 13.0 Å². The lowest BCUT2D eigenvalue weighted by Gasteiger charge is -2.37. The van der Waals surface area contributed by atoms with Crippen molar-refractivity contribution in [1.29, 1.82) is 0 Å². The average Bonchev–Trinajstić information content (AvgIpc) is 2.51. The van der Waals surface area contributed by atoms with Gasteiger partial charge in [-0.05, 0) is 6.42 Å². The summed E-state index contributed by atoms with van der Waals surface area (Å²) in [4.78, 5) is 13.5. The second kappa shape index (κ2) is 4.91. The van der Waals surface area contributed by atoms with Crippen LogP contribution in [0.5, 0.6) is 0 Å². The van der Waals surface area contributed by atoms with E-state index in [0.717, 1.165) is 13.1 Å². The van der Waals surface area contributed by atoms with Crippen LogP contribution in [0.15, 0.2) is 0 Å². The standard InChI is InChI=1S/C10H18N2O4S/c13-6-8-3-12(4-8)5-10(14)11-9-1-2-17(15,16)7-9/h8-9,13H,1-7H2,(H,11,14). The molecule has 0 radical (unpaired) electrons. The van der Waals surface area contributed by atoms with E-state index < -0.39 is 9.84 Å². The minimum atomic E-state index is -2.94. The number of carbonyl (C=O) groups is 1. The Morgan fingerprint density at radius 1 is 1.41 bits per heavy atom. The van der Waals surface area contributed by atoms with Crippen LogP contribution in [0.3, 0.4) is 0 Å². The van der Waals surface area contributed by atoms with Gasteiger partial charge in [-0.1, -0.05) is 0 Å². The highest BCUT2D eigenvalue weighted by Crippen LogP contribution is 2.14. The Kier molecular flexibility index (Phi) is 3.70. The molecule has 17 heavy (non-hydrogen) atoms. The van der Waals surface area contributed by atoms with Crippen LogP contribution in [0.2, 0.25) is 0 Å². The predicted molar refractivity (Wildman–Crippen MR) is 62.2 cm³/mol. The average molecular weight is 262 g/mol. The van der Waals surface area contributed by atoms with E-state index in [2.05, 4.69) is 5.32 Å². The van der Waals surface area contributed by atoms with E-state index >= 15 is 0 Å². The fourth-order valence-electron chi connectivity index (χ4n) is 2.31.